The molecular formula is C25H33ClN4O3. The molecule has 0 fully saturated rings. The second-order valence-electron chi connectivity index (χ2n) is 8.71. The minimum absolute atomic E-state index is 0. The maximum absolute atomic E-state index is 12.6. The van der Waals surface area contributed by atoms with Crippen LogP contribution in [-0.2, 0) is 16.0 Å². The van der Waals surface area contributed by atoms with Gasteiger partial charge in [-0.2, -0.15) is 5.10 Å². The Bertz CT molecular complexity index is 926. The van der Waals surface area contributed by atoms with Gasteiger partial charge >= 0.3 is 0 Å². The molecular weight excluding hydrogens is 440 g/mol. The molecule has 0 spiro atoms. The number of hydrogen-bond donors (Lipinski definition) is 2. The van der Waals surface area contributed by atoms with E-state index in [1.54, 1.807) is 24.3 Å². The van der Waals surface area contributed by atoms with Gasteiger partial charge in [0.1, 0.15) is 0 Å². The number of quaternary nitrogens is 1. The summed E-state index contributed by atoms with van der Waals surface area (Å²) in [4.78, 5) is 37.0. The fraction of sp³-hybridized carbons (Fsp3) is 0.360. The fourth-order valence-corrected chi connectivity index (χ4v) is 3.04. The van der Waals surface area contributed by atoms with E-state index in [-0.39, 0.29) is 49.4 Å². The van der Waals surface area contributed by atoms with Crippen molar-refractivity contribution in [1.82, 2.24) is 10.7 Å². The van der Waals surface area contributed by atoms with Gasteiger partial charge in [0, 0.05) is 24.2 Å². The van der Waals surface area contributed by atoms with Gasteiger partial charge in [0.05, 0.1) is 27.6 Å². The van der Waals surface area contributed by atoms with Crippen LogP contribution in [0.2, 0.25) is 0 Å². The first-order valence-corrected chi connectivity index (χ1v) is 10.8. The van der Waals surface area contributed by atoms with Crippen molar-refractivity contribution in [3.05, 3.63) is 71.8 Å². The molecule has 0 aromatic heterocycles. The highest BCUT2D eigenvalue weighted by Crippen LogP contribution is 2.07. The fourth-order valence-electron chi connectivity index (χ4n) is 3.04. The summed E-state index contributed by atoms with van der Waals surface area (Å²) < 4.78 is 0.462. The minimum Gasteiger partial charge on any atom is -1.00 e. The molecule has 0 radical (unpaired) electrons. The van der Waals surface area contributed by atoms with Crippen LogP contribution in [0.5, 0.6) is 0 Å². The smallest absolute Gasteiger partial charge is 0.295 e. The molecule has 8 heteroatoms. The van der Waals surface area contributed by atoms with Gasteiger partial charge in [-0.25, -0.2) is 5.43 Å². The van der Waals surface area contributed by atoms with Crippen LogP contribution in [0.1, 0.15) is 35.2 Å². The van der Waals surface area contributed by atoms with Crippen molar-refractivity contribution in [2.45, 2.75) is 25.7 Å². The van der Waals surface area contributed by atoms with Crippen molar-refractivity contribution in [2.75, 3.05) is 34.2 Å². The molecule has 0 atom stereocenters. The lowest BCUT2D eigenvalue weighted by Gasteiger charge is -2.22. The lowest BCUT2D eigenvalue weighted by molar-refractivity contribution is -0.862. The Morgan fingerprint density at radius 3 is 2.06 bits per heavy atom. The zero-order valence-electron chi connectivity index (χ0n) is 19.5. The average Bonchev–Trinajstić information content (AvgIpc) is 2.75. The maximum atomic E-state index is 12.6. The summed E-state index contributed by atoms with van der Waals surface area (Å²) >= 11 is 0. The van der Waals surface area contributed by atoms with Crippen molar-refractivity contribution >= 4 is 23.3 Å². The highest BCUT2D eigenvalue weighted by atomic mass is 35.5. The van der Waals surface area contributed by atoms with Crippen LogP contribution in [0.3, 0.4) is 0 Å². The topological polar surface area (TPSA) is 87.6 Å². The molecule has 2 aromatic carbocycles. The second-order valence-corrected chi connectivity index (χ2v) is 8.71. The molecule has 7 nitrogen and oxygen atoms in total. The lowest BCUT2D eigenvalue weighted by Crippen LogP contribution is -3.00. The Morgan fingerprint density at radius 2 is 1.45 bits per heavy atom. The maximum Gasteiger partial charge on any atom is 0.295 e. The number of hydrazone groups is 1. The zero-order chi connectivity index (χ0) is 23.4. The summed E-state index contributed by atoms with van der Waals surface area (Å²) in [6, 6.07) is 18.9. The number of carbonyl (C=O) groups excluding carboxylic acids is 3. The van der Waals surface area contributed by atoms with Gasteiger partial charge in [-0.3, -0.25) is 14.4 Å². The molecule has 0 unspecified atom stereocenters. The van der Waals surface area contributed by atoms with Crippen LogP contribution >= 0.6 is 0 Å². The van der Waals surface area contributed by atoms with Gasteiger partial charge in [0.2, 0.25) is 5.91 Å². The van der Waals surface area contributed by atoms with Crippen LogP contribution in [0, 0.1) is 0 Å². The van der Waals surface area contributed by atoms with Gasteiger partial charge in [-0.05, 0) is 18.4 Å². The van der Waals surface area contributed by atoms with Gasteiger partial charge < -0.3 is 22.2 Å². The Kier molecular flexibility index (Phi) is 12.0. The van der Waals surface area contributed by atoms with E-state index < -0.39 is 0 Å². The van der Waals surface area contributed by atoms with Crippen molar-refractivity contribution < 1.29 is 31.3 Å². The van der Waals surface area contributed by atoms with E-state index in [0.29, 0.717) is 28.7 Å². The number of likely N-dealkylation sites (N-methyl/N-ethyl adjacent to an activating group) is 1. The normalized spacial score (nSPS) is 11.3. The monoisotopic (exact) mass is 472 g/mol. The molecule has 0 bridgehead atoms. The Labute approximate surface area is 202 Å². The number of ketones is 1. The van der Waals surface area contributed by atoms with Crippen molar-refractivity contribution in [2.24, 2.45) is 5.10 Å². The minimum atomic E-state index is -0.241. The number of halogens is 1. The molecule has 33 heavy (non-hydrogen) atoms. The molecule has 2 amide bonds. The first-order chi connectivity index (χ1) is 15.2. The van der Waals surface area contributed by atoms with Crippen LogP contribution in [0.4, 0.5) is 0 Å². The summed E-state index contributed by atoms with van der Waals surface area (Å²) in [5.74, 6) is -0.456. The van der Waals surface area contributed by atoms with Crippen molar-refractivity contribution in [1.29, 1.82) is 0 Å². The van der Waals surface area contributed by atoms with E-state index in [2.05, 4.69) is 15.8 Å². The summed E-state index contributed by atoms with van der Waals surface area (Å²) in [7, 11) is 5.72. The SMILES string of the molecule is C[N+](C)(C)CC(=O)NN=C(CCC(=O)NCCc1ccccc1)CC(=O)c1ccccc1.[Cl-]. The first kappa shape index (κ1) is 28.0. The zero-order valence-corrected chi connectivity index (χ0v) is 20.3. The standard InChI is InChI=1S/C25H32N4O3.ClH/c1-29(2,3)19-25(32)28-27-22(18-23(30)21-12-8-5-9-13-21)14-15-24(31)26-17-16-20-10-6-4-7-11-20;/h4-13H,14-19H2,1-3H3,(H-,26,28,31,32);1H. The molecule has 0 aliphatic heterocycles. The number of nitrogens with zero attached hydrogens (tertiary/aromatic N) is 2. The van der Waals surface area contributed by atoms with E-state index in [9.17, 15) is 14.4 Å². The highest BCUT2D eigenvalue weighted by molar-refractivity contribution is 6.10. The van der Waals surface area contributed by atoms with E-state index in [0.717, 1.165) is 12.0 Å². The second kappa shape index (κ2) is 14.2. The van der Waals surface area contributed by atoms with Crippen molar-refractivity contribution in [3.8, 4) is 0 Å². The first-order valence-electron chi connectivity index (χ1n) is 10.8. The molecule has 0 saturated carbocycles. The average molecular weight is 473 g/mol. The van der Waals surface area contributed by atoms with Gasteiger partial charge in [0.15, 0.2) is 12.3 Å². The number of Topliss-reactive ketones (excluding diaryl/α,β-unsaturated/α-hetero) is 1. The van der Waals surface area contributed by atoms with Crippen LogP contribution in [0.25, 0.3) is 0 Å². The van der Waals surface area contributed by atoms with Gasteiger partial charge in [0.25, 0.3) is 5.91 Å². The van der Waals surface area contributed by atoms with Crippen molar-refractivity contribution in [3.63, 3.8) is 0 Å². The van der Waals surface area contributed by atoms with E-state index in [1.807, 2.05) is 57.5 Å². The number of benzene rings is 2. The summed E-state index contributed by atoms with van der Waals surface area (Å²) in [5.41, 5.74) is 4.74. The van der Waals surface area contributed by atoms with Gasteiger partial charge in [-0.15, -0.1) is 0 Å². The third-order valence-electron chi connectivity index (χ3n) is 4.64. The predicted molar refractivity (Wildman–Crippen MR) is 126 cm³/mol. The lowest BCUT2D eigenvalue weighted by atomic mass is 10.0. The number of hydrogen-bond acceptors (Lipinski definition) is 4. The van der Waals surface area contributed by atoms with E-state index in [1.165, 1.54) is 0 Å². The van der Waals surface area contributed by atoms with Crippen LogP contribution in [-0.4, -0.2) is 62.0 Å². The van der Waals surface area contributed by atoms with E-state index >= 15 is 0 Å². The molecule has 0 aliphatic carbocycles. The summed E-state index contributed by atoms with van der Waals surface area (Å²) in [5, 5.41) is 7.08. The molecule has 0 aliphatic rings. The summed E-state index contributed by atoms with van der Waals surface area (Å²) in [6.07, 6.45) is 1.29. The molecule has 2 N–H and O–H groups in total. The number of rotatable bonds is 12. The van der Waals surface area contributed by atoms with E-state index in [4.69, 9.17) is 0 Å². The third kappa shape index (κ3) is 12.0. The molecule has 2 aromatic rings. The summed E-state index contributed by atoms with van der Waals surface area (Å²) in [6.45, 7) is 0.794. The number of carbonyl (C=O) groups is 3. The third-order valence-corrected chi connectivity index (χ3v) is 4.64. The Morgan fingerprint density at radius 1 is 0.848 bits per heavy atom. The van der Waals surface area contributed by atoms with Crippen LogP contribution in [0.15, 0.2) is 65.8 Å². The molecule has 2 rings (SSSR count). The molecule has 0 saturated heterocycles. The molecule has 0 heterocycles. The van der Waals surface area contributed by atoms with Crippen LogP contribution < -0.4 is 23.1 Å². The largest absolute Gasteiger partial charge is 1.00 e. The Balaban J connectivity index is 0.00000544. The Hall–Kier alpha value is -3.03. The molecule has 178 valence electrons. The quantitative estimate of drug-likeness (QED) is 0.190. The predicted octanol–water partition coefficient (Wildman–Crippen LogP) is -0.419. The number of amides is 2. The highest BCUT2D eigenvalue weighted by Gasteiger charge is 2.16. The van der Waals surface area contributed by atoms with Gasteiger partial charge in [-0.1, -0.05) is 60.7 Å². The number of nitrogens with one attached hydrogen (secondary N) is 2.